The highest BCUT2D eigenvalue weighted by Gasteiger charge is 2.14. The van der Waals surface area contributed by atoms with Crippen LogP contribution in [0.15, 0.2) is 18.2 Å². The third kappa shape index (κ3) is 4.91. The molecular weight excluding hydrogens is 278 g/mol. The lowest BCUT2D eigenvalue weighted by Crippen LogP contribution is -2.36. The van der Waals surface area contributed by atoms with Crippen molar-refractivity contribution in [3.8, 4) is 0 Å². The van der Waals surface area contributed by atoms with Crippen LogP contribution >= 0.6 is 0 Å². The summed E-state index contributed by atoms with van der Waals surface area (Å²) in [4.78, 5) is 14.0. The van der Waals surface area contributed by atoms with Gasteiger partial charge in [-0.25, -0.2) is 0 Å². The van der Waals surface area contributed by atoms with Crippen molar-refractivity contribution in [1.82, 2.24) is 5.32 Å². The number of nitrogen functional groups attached to an aromatic ring is 1. The van der Waals surface area contributed by atoms with Gasteiger partial charge in [-0.15, -0.1) is 0 Å². The molecule has 0 radical (unpaired) electrons. The Labute approximate surface area is 132 Å². The Bertz CT molecular complexity index is 485. The Morgan fingerprint density at radius 3 is 2.82 bits per heavy atom. The van der Waals surface area contributed by atoms with Crippen molar-refractivity contribution in [2.45, 2.75) is 32.6 Å². The average Bonchev–Trinajstić information content (AvgIpc) is 2.54. The summed E-state index contributed by atoms with van der Waals surface area (Å²) >= 11 is 0. The first kappa shape index (κ1) is 16.6. The van der Waals surface area contributed by atoms with E-state index < -0.39 is 0 Å². The van der Waals surface area contributed by atoms with E-state index in [1.807, 2.05) is 6.07 Å². The van der Waals surface area contributed by atoms with Crippen molar-refractivity contribution >= 4 is 17.3 Å². The molecule has 0 bridgehead atoms. The molecule has 1 aliphatic rings. The highest BCUT2D eigenvalue weighted by atomic mass is 16.5. The van der Waals surface area contributed by atoms with E-state index in [0.29, 0.717) is 6.42 Å². The Kier molecular flexibility index (Phi) is 6.52. The molecular formula is C17H27N3O2. The second-order valence-corrected chi connectivity index (χ2v) is 5.70. The van der Waals surface area contributed by atoms with Crippen LogP contribution in [-0.2, 0) is 16.0 Å². The van der Waals surface area contributed by atoms with Gasteiger partial charge in [-0.05, 0) is 30.5 Å². The second-order valence-electron chi connectivity index (χ2n) is 5.70. The van der Waals surface area contributed by atoms with Gasteiger partial charge in [-0.2, -0.15) is 0 Å². The summed E-state index contributed by atoms with van der Waals surface area (Å²) < 4.78 is 5.36. The Morgan fingerprint density at radius 1 is 1.36 bits per heavy atom. The van der Waals surface area contributed by atoms with Crippen LogP contribution in [0.3, 0.4) is 0 Å². The minimum atomic E-state index is 0.115. The van der Waals surface area contributed by atoms with E-state index in [9.17, 15) is 4.79 Å². The highest BCUT2D eigenvalue weighted by Crippen LogP contribution is 2.25. The van der Waals surface area contributed by atoms with Crippen molar-refractivity contribution in [2.75, 3.05) is 43.5 Å². The molecule has 1 aromatic rings. The van der Waals surface area contributed by atoms with Gasteiger partial charge in [0, 0.05) is 26.1 Å². The standard InChI is InChI=1S/C17H27N3O2/c1-2-3-8-19-17(21)7-5-14-4-6-16(15(18)13-14)20-9-11-22-12-10-20/h4,6,13H,2-3,5,7-12,18H2,1H3,(H,19,21). The summed E-state index contributed by atoms with van der Waals surface area (Å²) in [5.74, 6) is 0.115. The number of hydrogen-bond acceptors (Lipinski definition) is 4. The smallest absolute Gasteiger partial charge is 0.220 e. The molecule has 1 aromatic carbocycles. The summed E-state index contributed by atoms with van der Waals surface area (Å²) in [6.45, 7) is 6.14. The number of aryl methyl sites for hydroxylation is 1. The Hall–Kier alpha value is -1.75. The van der Waals surface area contributed by atoms with E-state index in [-0.39, 0.29) is 5.91 Å². The van der Waals surface area contributed by atoms with Crippen LogP contribution in [0.4, 0.5) is 11.4 Å². The molecule has 2 rings (SSSR count). The average molecular weight is 305 g/mol. The first-order valence-corrected chi connectivity index (χ1v) is 8.18. The van der Waals surface area contributed by atoms with Gasteiger partial charge in [0.2, 0.25) is 5.91 Å². The fraction of sp³-hybridized carbons (Fsp3) is 0.588. The number of amides is 1. The molecule has 0 aromatic heterocycles. The van der Waals surface area contributed by atoms with Crippen LogP contribution in [0, 0.1) is 0 Å². The molecule has 0 atom stereocenters. The molecule has 122 valence electrons. The molecule has 5 nitrogen and oxygen atoms in total. The SMILES string of the molecule is CCCCNC(=O)CCc1ccc(N2CCOCC2)c(N)c1. The number of nitrogens with one attached hydrogen (secondary N) is 1. The topological polar surface area (TPSA) is 67.6 Å². The van der Waals surface area contributed by atoms with E-state index in [2.05, 4.69) is 29.3 Å². The van der Waals surface area contributed by atoms with Gasteiger partial charge in [-0.1, -0.05) is 19.4 Å². The lowest BCUT2D eigenvalue weighted by molar-refractivity contribution is -0.121. The zero-order valence-corrected chi connectivity index (χ0v) is 13.4. The zero-order chi connectivity index (χ0) is 15.8. The summed E-state index contributed by atoms with van der Waals surface area (Å²) in [6.07, 6.45) is 3.37. The molecule has 1 saturated heterocycles. The molecule has 1 amide bonds. The Morgan fingerprint density at radius 2 is 2.14 bits per heavy atom. The van der Waals surface area contributed by atoms with Crippen LogP contribution < -0.4 is 16.0 Å². The number of ether oxygens (including phenoxy) is 1. The van der Waals surface area contributed by atoms with Gasteiger partial charge in [0.15, 0.2) is 0 Å². The Balaban J connectivity index is 1.85. The summed E-state index contributed by atoms with van der Waals surface area (Å²) in [6, 6.07) is 6.12. The number of carbonyl (C=O) groups excluding carboxylic acids is 1. The maximum atomic E-state index is 11.7. The normalized spacial score (nSPS) is 14.9. The molecule has 22 heavy (non-hydrogen) atoms. The molecule has 0 unspecified atom stereocenters. The number of rotatable bonds is 7. The summed E-state index contributed by atoms with van der Waals surface area (Å²) in [7, 11) is 0. The monoisotopic (exact) mass is 305 g/mol. The van der Waals surface area contributed by atoms with Crippen LogP contribution in [0.25, 0.3) is 0 Å². The lowest BCUT2D eigenvalue weighted by atomic mass is 10.1. The van der Waals surface area contributed by atoms with Crippen LogP contribution in [-0.4, -0.2) is 38.8 Å². The molecule has 0 saturated carbocycles. The number of unbranched alkanes of at least 4 members (excludes halogenated alkanes) is 1. The molecule has 0 spiro atoms. The summed E-state index contributed by atoms with van der Waals surface area (Å²) in [5, 5.41) is 2.94. The second kappa shape index (κ2) is 8.63. The minimum absolute atomic E-state index is 0.115. The van der Waals surface area contributed by atoms with E-state index in [0.717, 1.165) is 69.0 Å². The number of carbonyl (C=O) groups is 1. The number of nitrogens with two attached hydrogens (primary N) is 1. The van der Waals surface area contributed by atoms with E-state index in [1.54, 1.807) is 0 Å². The van der Waals surface area contributed by atoms with Gasteiger partial charge >= 0.3 is 0 Å². The predicted octanol–water partition coefficient (Wildman–Crippen LogP) is 1.95. The van der Waals surface area contributed by atoms with Crippen LogP contribution in [0.1, 0.15) is 31.7 Å². The molecule has 5 heteroatoms. The van der Waals surface area contributed by atoms with Gasteiger partial charge < -0.3 is 20.7 Å². The molecule has 3 N–H and O–H groups in total. The van der Waals surface area contributed by atoms with Crippen molar-refractivity contribution in [1.29, 1.82) is 0 Å². The lowest BCUT2D eigenvalue weighted by Gasteiger charge is -2.30. The third-order valence-electron chi connectivity index (χ3n) is 3.94. The highest BCUT2D eigenvalue weighted by molar-refractivity contribution is 5.76. The quantitative estimate of drug-likeness (QED) is 0.597. The molecule has 1 heterocycles. The van der Waals surface area contributed by atoms with Crippen LogP contribution in [0.5, 0.6) is 0 Å². The number of nitrogens with zero attached hydrogens (tertiary/aromatic N) is 1. The van der Waals surface area contributed by atoms with E-state index in [1.165, 1.54) is 0 Å². The van der Waals surface area contributed by atoms with E-state index >= 15 is 0 Å². The molecule has 1 fully saturated rings. The fourth-order valence-electron chi connectivity index (χ4n) is 2.60. The van der Waals surface area contributed by atoms with Crippen molar-refractivity contribution < 1.29 is 9.53 Å². The zero-order valence-electron chi connectivity index (χ0n) is 13.4. The van der Waals surface area contributed by atoms with Gasteiger partial charge in [0.1, 0.15) is 0 Å². The van der Waals surface area contributed by atoms with Crippen molar-refractivity contribution in [3.05, 3.63) is 23.8 Å². The van der Waals surface area contributed by atoms with Gasteiger partial charge in [0.25, 0.3) is 0 Å². The maximum absolute atomic E-state index is 11.7. The van der Waals surface area contributed by atoms with E-state index in [4.69, 9.17) is 10.5 Å². The number of hydrogen-bond donors (Lipinski definition) is 2. The number of morpholine rings is 1. The fourth-order valence-corrected chi connectivity index (χ4v) is 2.60. The molecule has 0 aliphatic carbocycles. The predicted molar refractivity (Wildman–Crippen MR) is 90.1 cm³/mol. The summed E-state index contributed by atoms with van der Waals surface area (Å²) in [5.41, 5.74) is 9.14. The third-order valence-corrected chi connectivity index (χ3v) is 3.94. The van der Waals surface area contributed by atoms with Crippen molar-refractivity contribution in [2.24, 2.45) is 0 Å². The first-order valence-electron chi connectivity index (χ1n) is 8.18. The van der Waals surface area contributed by atoms with Gasteiger partial charge in [-0.3, -0.25) is 4.79 Å². The maximum Gasteiger partial charge on any atom is 0.220 e. The number of anilines is 2. The largest absolute Gasteiger partial charge is 0.397 e. The minimum Gasteiger partial charge on any atom is -0.397 e. The van der Waals surface area contributed by atoms with Gasteiger partial charge in [0.05, 0.1) is 24.6 Å². The first-order chi connectivity index (χ1) is 10.7. The van der Waals surface area contributed by atoms with Crippen LogP contribution in [0.2, 0.25) is 0 Å². The van der Waals surface area contributed by atoms with Crippen molar-refractivity contribution in [3.63, 3.8) is 0 Å². The number of benzene rings is 1. The molecule has 1 aliphatic heterocycles.